The number of hydrogen-bond acceptors (Lipinski definition) is 7. The molecule has 3 aromatic rings. The van der Waals surface area contributed by atoms with Crippen molar-refractivity contribution < 1.29 is 28.6 Å². The van der Waals surface area contributed by atoms with Gasteiger partial charge in [-0.25, -0.2) is 14.6 Å². The van der Waals surface area contributed by atoms with Crippen molar-refractivity contribution in [3.63, 3.8) is 0 Å². The van der Waals surface area contributed by atoms with Crippen LogP contribution in [0.1, 0.15) is 45.8 Å². The molecule has 0 bridgehead atoms. The van der Waals surface area contributed by atoms with E-state index < -0.39 is 11.9 Å². The van der Waals surface area contributed by atoms with E-state index in [0.29, 0.717) is 28.1 Å². The summed E-state index contributed by atoms with van der Waals surface area (Å²) in [5.74, 6) is -0.737. The summed E-state index contributed by atoms with van der Waals surface area (Å²) in [6, 6.07) is 13.9. The van der Waals surface area contributed by atoms with Crippen molar-refractivity contribution >= 4 is 28.6 Å². The number of rotatable bonds is 8. The molecule has 3 rings (SSSR count). The number of aryl methyl sites for hydroxylation is 1. The van der Waals surface area contributed by atoms with Gasteiger partial charge < -0.3 is 14.2 Å². The number of fused-ring (bicyclic) bond motifs is 1. The highest BCUT2D eigenvalue weighted by molar-refractivity contribution is 5.98. The molecule has 0 aliphatic heterocycles. The fourth-order valence-corrected chi connectivity index (χ4v) is 3.14. The summed E-state index contributed by atoms with van der Waals surface area (Å²) in [4.78, 5) is 40.5. The maximum absolute atomic E-state index is 12.5. The topological polar surface area (TPSA) is 91.8 Å². The lowest BCUT2D eigenvalue weighted by Crippen LogP contribution is -2.18. The summed E-state index contributed by atoms with van der Waals surface area (Å²) in [5.41, 5.74) is 2.60. The Labute approximate surface area is 179 Å². The summed E-state index contributed by atoms with van der Waals surface area (Å²) >= 11 is 0. The van der Waals surface area contributed by atoms with Crippen LogP contribution >= 0.6 is 0 Å². The molecular formula is C24H23NO6. The van der Waals surface area contributed by atoms with Crippen molar-refractivity contribution in [3.05, 3.63) is 70.9 Å². The second kappa shape index (κ2) is 9.84. The van der Waals surface area contributed by atoms with Crippen molar-refractivity contribution in [3.8, 4) is 5.75 Å². The lowest BCUT2D eigenvalue weighted by atomic mass is 10.0. The molecule has 7 nitrogen and oxygen atoms in total. The number of esters is 2. The molecule has 0 fully saturated rings. The number of carbonyl (C=O) groups is 3. The maximum Gasteiger partial charge on any atom is 0.344 e. The van der Waals surface area contributed by atoms with E-state index in [0.717, 1.165) is 10.9 Å². The number of nitrogens with zero attached hydrogens (tertiary/aromatic N) is 1. The lowest BCUT2D eigenvalue weighted by Gasteiger charge is -2.14. The molecule has 0 saturated carbocycles. The molecule has 0 amide bonds. The average molecular weight is 421 g/mol. The molecule has 0 radical (unpaired) electrons. The SMILES string of the molecule is CCOC(=O)c1c(COC(=O)COc2ccc(C(C)=O)cc2)nc2ccccc2c1C. The largest absolute Gasteiger partial charge is 0.482 e. The number of hydrogen-bond donors (Lipinski definition) is 0. The first-order valence-corrected chi connectivity index (χ1v) is 9.85. The van der Waals surface area contributed by atoms with Crippen LogP contribution in [-0.4, -0.2) is 35.9 Å². The third-order valence-corrected chi connectivity index (χ3v) is 4.69. The smallest absolute Gasteiger partial charge is 0.344 e. The zero-order chi connectivity index (χ0) is 22.4. The van der Waals surface area contributed by atoms with E-state index in [4.69, 9.17) is 14.2 Å². The molecule has 0 aliphatic rings. The van der Waals surface area contributed by atoms with Gasteiger partial charge in [0.05, 0.1) is 23.4 Å². The van der Waals surface area contributed by atoms with Crippen molar-refractivity contribution in [2.75, 3.05) is 13.2 Å². The minimum atomic E-state index is -0.613. The van der Waals surface area contributed by atoms with Gasteiger partial charge in [0.25, 0.3) is 0 Å². The van der Waals surface area contributed by atoms with Gasteiger partial charge in [0.2, 0.25) is 0 Å². The van der Waals surface area contributed by atoms with E-state index >= 15 is 0 Å². The van der Waals surface area contributed by atoms with Crippen LogP contribution in [0.2, 0.25) is 0 Å². The van der Waals surface area contributed by atoms with Crippen molar-refractivity contribution in [1.29, 1.82) is 0 Å². The van der Waals surface area contributed by atoms with Crippen LogP contribution in [0.4, 0.5) is 0 Å². The Kier molecular flexibility index (Phi) is 6.97. The molecule has 0 N–H and O–H groups in total. The van der Waals surface area contributed by atoms with E-state index in [1.165, 1.54) is 6.92 Å². The molecule has 1 aromatic heterocycles. The van der Waals surface area contributed by atoms with Crippen molar-refractivity contribution in [2.24, 2.45) is 0 Å². The average Bonchev–Trinajstić information content (AvgIpc) is 2.76. The third-order valence-electron chi connectivity index (χ3n) is 4.69. The number of Topliss-reactive ketones (excluding diaryl/α,β-unsaturated/α-hetero) is 1. The van der Waals surface area contributed by atoms with Crippen LogP contribution in [0.15, 0.2) is 48.5 Å². The zero-order valence-corrected chi connectivity index (χ0v) is 17.6. The Morgan fingerprint density at radius 3 is 2.35 bits per heavy atom. The van der Waals surface area contributed by atoms with Gasteiger partial charge in [-0.2, -0.15) is 0 Å². The second-order valence-corrected chi connectivity index (χ2v) is 6.83. The van der Waals surface area contributed by atoms with Gasteiger partial charge in [-0.05, 0) is 56.7 Å². The summed E-state index contributed by atoms with van der Waals surface area (Å²) < 4.78 is 15.9. The third kappa shape index (κ3) is 5.25. The molecule has 0 unspecified atom stereocenters. The Balaban J connectivity index is 1.71. The molecule has 31 heavy (non-hydrogen) atoms. The quantitative estimate of drug-likeness (QED) is 0.400. The highest BCUT2D eigenvalue weighted by atomic mass is 16.6. The predicted molar refractivity (Wildman–Crippen MR) is 114 cm³/mol. The van der Waals surface area contributed by atoms with Crippen LogP contribution < -0.4 is 4.74 Å². The Morgan fingerprint density at radius 2 is 1.68 bits per heavy atom. The van der Waals surface area contributed by atoms with Gasteiger partial charge in [0.1, 0.15) is 12.4 Å². The monoisotopic (exact) mass is 421 g/mol. The van der Waals surface area contributed by atoms with E-state index in [2.05, 4.69) is 4.98 Å². The normalized spacial score (nSPS) is 10.5. The van der Waals surface area contributed by atoms with E-state index in [-0.39, 0.29) is 25.6 Å². The van der Waals surface area contributed by atoms with Gasteiger partial charge in [0, 0.05) is 10.9 Å². The molecule has 0 spiro atoms. The second-order valence-electron chi connectivity index (χ2n) is 6.83. The fourth-order valence-electron chi connectivity index (χ4n) is 3.14. The Hall–Kier alpha value is -3.74. The van der Waals surface area contributed by atoms with Crippen molar-refractivity contribution in [2.45, 2.75) is 27.4 Å². The molecule has 0 aliphatic carbocycles. The zero-order valence-electron chi connectivity index (χ0n) is 17.6. The standard InChI is InChI=1S/C24H23NO6/c1-4-29-24(28)23-15(2)19-7-5-6-8-20(19)25-21(23)13-31-22(27)14-30-18-11-9-17(10-12-18)16(3)26/h5-12H,4,13-14H2,1-3H3. The first-order valence-electron chi connectivity index (χ1n) is 9.85. The minimum Gasteiger partial charge on any atom is -0.482 e. The molecule has 160 valence electrons. The number of para-hydroxylation sites is 1. The summed E-state index contributed by atoms with van der Waals surface area (Å²) in [5, 5.41) is 0.831. The minimum absolute atomic E-state index is 0.0541. The summed E-state index contributed by atoms with van der Waals surface area (Å²) in [7, 11) is 0. The van der Waals surface area contributed by atoms with Gasteiger partial charge in [0.15, 0.2) is 12.4 Å². The molecule has 2 aromatic carbocycles. The van der Waals surface area contributed by atoms with Crippen molar-refractivity contribution in [1.82, 2.24) is 4.98 Å². The van der Waals surface area contributed by atoms with Gasteiger partial charge >= 0.3 is 11.9 Å². The number of pyridine rings is 1. The number of benzene rings is 2. The van der Waals surface area contributed by atoms with Gasteiger partial charge in [-0.1, -0.05) is 18.2 Å². The van der Waals surface area contributed by atoms with Gasteiger partial charge in [-0.15, -0.1) is 0 Å². The molecule has 0 atom stereocenters. The molecule has 1 heterocycles. The highest BCUT2D eigenvalue weighted by Crippen LogP contribution is 2.24. The van der Waals surface area contributed by atoms with Crippen LogP contribution in [0.25, 0.3) is 10.9 Å². The van der Waals surface area contributed by atoms with Crippen LogP contribution in [0.5, 0.6) is 5.75 Å². The summed E-state index contributed by atoms with van der Waals surface area (Å²) in [6.45, 7) is 4.73. The number of carbonyl (C=O) groups excluding carboxylic acids is 3. The van der Waals surface area contributed by atoms with E-state index in [1.807, 2.05) is 31.2 Å². The lowest BCUT2D eigenvalue weighted by molar-refractivity contribution is -0.147. The van der Waals surface area contributed by atoms with E-state index in [9.17, 15) is 14.4 Å². The van der Waals surface area contributed by atoms with Crippen LogP contribution in [-0.2, 0) is 20.9 Å². The molecular weight excluding hydrogens is 398 g/mol. The van der Waals surface area contributed by atoms with Gasteiger partial charge in [-0.3, -0.25) is 4.79 Å². The predicted octanol–water partition coefficient (Wildman–Crippen LogP) is 4.04. The number of ether oxygens (including phenoxy) is 3. The van der Waals surface area contributed by atoms with E-state index in [1.54, 1.807) is 31.2 Å². The first-order chi connectivity index (χ1) is 14.9. The first kappa shape index (κ1) is 22.0. The summed E-state index contributed by atoms with van der Waals surface area (Å²) in [6.07, 6.45) is 0. The van der Waals surface area contributed by atoms with Crippen LogP contribution in [0.3, 0.4) is 0 Å². The number of aromatic nitrogens is 1. The molecule has 7 heteroatoms. The number of ketones is 1. The molecule has 0 saturated heterocycles. The maximum atomic E-state index is 12.5. The fraction of sp³-hybridized carbons (Fsp3) is 0.250. The Morgan fingerprint density at radius 1 is 0.968 bits per heavy atom. The van der Waals surface area contributed by atoms with Crippen LogP contribution in [0, 0.1) is 6.92 Å². The highest BCUT2D eigenvalue weighted by Gasteiger charge is 2.21. The Bertz CT molecular complexity index is 1120.